The molecular formula is C14H19N3O3. The minimum atomic E-state index is -0.468. The largest absolute Gasteiger partial charge is 0.340 e. The van der Waals surface area contributed by atoms with E-state index in [4.69, 9.17) is 0 Å². The Hall–Kier alpha value is -1.95. The SMILES string of the molecule is CN(CC1CCCCN1)C(=O)c1ccc([N+](=O)[O-])cc1. The predicted molar refractivity (Wildman–Crippen MR) is 75.7 cm³/mol. The second-order valence-corrected chi connectivity index (χ2v) is 5.14. The number of nitro groups is 1. The van der Waals surface area contributed by atoms with Gasteiger partial charge in [0.25, 0.3) is 11.6 Å². The standard InChI is InChI=1S/C14H19N3O3/c1-16(10-12-4-2-3-9-15-12)14(18)11-5-7-13(8-6-11)17(19)20/h5-8,12,15H,2-4,9-10H2,1H3. The first-order valence-corrected chi connectivity index (χ1v) is 6.81. The zero-order valence-corrected chi connectivity index (χ0v) is 11.5. The van der Waals surface area contributed by atoms with Gasteiger partial charge >= 0.3 is 0 Å². The van der Waals surface area contributed by atoms with E-state index in [0.717, 1.165) is 13.0 Å². The lowest BCUT2D eigenvalue weighted by Gasteiger charge is -2.28. The quantitative estimate of drug-likeness (QED) is 0.672. The molecule has 1 aromatic rings. The number of piperidine rings is 1. The summed E-state index contributed by atoms with van der Waals surface area (Å²) >= 11 is 0. The molecule has 1 saturated heterocycles. The van der Waals surface area contributed by atoms with Crippen molar-refractivity contribution in [2.45, 2.75) is 25.3 Å². The van der Waals surface area contributed by atoms with Gasteiger partial charge in [-0.3, -0.25) is 14.9 Å². The highest BCUT2D eigenvalue weighted by molar-refractivity contribution is 5.94. The van der Waals surface area contributed by atoms with Gasteiger partial charge in [0.1, 0.15) is 0 Å². The molecule has 0 aliphatic carbocycles. The van der Waals surface area contributed by atoms with Crippen LogP contribution in [0.5, 0.6) is 0 Å². The van der Waals surface area contributed by atoms with Crippen molar-refractivity contribution < 1.29 is 9.72 Å². The highest BCUT2D eigenvalue weighted by Gasteiger charge is 2.19. The van der Waals surface area contributed by atoms with Gasteiger partial charge < -0.3 is 10.2 Å². The number of hydrogen-bond donors (Lipinski definition) is 1. The summed E-state index contributed by atoms with van der Waals surface area (Å²) in [4.78, 5) is 24.0. The third-order valence-corrected chi connectivity index (χ3v) is 3.58. The number of nitrogens with one attached hydrogen (secondary N) is 1. The average Bonchev–Trinajstić information content (AvgIpc) is 2.47. The molecule has 1 aromatic carbocycles. The van der Waals surface area contributed by atoms with E-state index in [1.165, 1.54) is 37.1 Å². The van der Waals surface area contributed by atoms with Crippen LogP contribution in [0.1, 0.15) is 29.6 Å². The zero-order chi connectivity index (χ0) is 14.5. The van der Waals surface area contributed by atoms with Gasteiger partial charge in [-0.1, -0.05) is 6.42 Å². The van der Waals surface area contributed by atoms with Crippen molar-refractivity contribution in [3.63, 3.8) is 0 Å². The third kappa shape index (κ3) is 3.54. The summed E-state index contributed by atoms with van der Waals surface area (Å²) in [6.45, 7) is 1.67. The van der Waals surface area contributed by atoms with Gasteiger partial charge in [0.2, 0.25) is 0 Å². The lowest BCUT2D eigenvalue weighted by atomic mass is 10.0. The fourth-order valence-electron chi connectivity index (χ4n) is 2.44. The van der Waals surface area contributed by atoms with E-state index in [-0.39, 0.29) is 11.6 Å². The molecule has 6 heteroatoms. The summed E-state index contributed by atoms with van der Waals surface area (Å²) in [7, 11) is 1.76. The number of hydrogen-bond acceptors (Lipinski definition) is 4. The lowest BCUT2D eigenvalue weighted by Crippen LogP contribution is -2.44. The maximum Gasteiger partial charge on any atom is 0.269 e. The molecule has 0 saturated carbocycles. The monoisotopic (exact) mass is 277 g/mol. The van der Waals surface area contributed by atoms with Crippen molar-refractivity contribution in [3.8, 4) is 0 Å². The molecule has 1 N–H and O–H groups in total. The number of amides is 1. The molecule has 1 atom stereocenters. The summed E-state index contributed by atoms with van der Waals surface area (Å²) in [5, 5.41) is 14.0. The molecule has 108 valence electrons. The van der Waals surface area contributed by atoms with E-state index in [0.29, 0.717) is 18.2 Å². The van der Waals surface area contributed by atoms with Gasteiger partial charge in [0.15, 0.2) is 0 Å². The Morgan fingerprint density at radius 3 is 2.65 bits per heavy atom. The maximum absolute atomic E-state index is 12.2. The number of carbonyl (C=O) groups excluding carboxylic acids is 1. The van der Waals surface area contributed by atoms with Crippen molar-refractivity contribution in [2.24, 2.45) is 0 Å². The van der Waals surface area contributed by atoms with Crippen molar-refractivity contribution in [1.29, 1.82) is 0 Å². The van der Waals surface area contributed by atoms with Crippen LogP contribution in [0, 0.1) is 10.1 Å². The minimum absolute atomic E-state index is 0.00171. The van der Waals surface area contributed by atoms with Crippen LogP contribution in [0.4, 0.5) is 5.69 Å². The van der Waals surface area contributed by atoms with Crippen LogP contribution in [0.25, 0.3) is 0 Å². The fraction of sp³-hybridized carbons (Fsp3) is 0.500. The van der Waals surface area contributed by atoms with Crippen LogP contribution in [-0.4, -0.2) is 41.9 Å². The Kier molecular flexibility index (Phi) is 4.68. The first kappa shape index (κ1) is 14.5. The number of likely N-dealkylation sites (N-methyl/N-ethyl adjacent to an activating group) is 1. The third-order valence-electron chi connectivity index (χ3n) is 3.58. The van der Waals surface area contributed by atoms with Gasteiger partial charge in [-0.05, 0) is 31.5 Å². The van der Waals surface area contributed by atoms with Gasteiger partial charge in [-0.25, -0.2) is 0 Å². The molecule has 1 aliphatic heterocycles. The van der Waals surface area contributed by atoms with Crippen LogP contribution >= 0.6 is 0 Å². The molecule has 1 unspecified atom stereocenters. The van der Waals surface area contributed by atoms with Crippen molar-refractivity contribution in [3.05, 3.63) is 39.9 Å². The second-order valence-electron chi connectivity index (χ2n) is 5.14. The number of nitro benzene ring substituents is 1. The first-order valence-electron chi connectivity index (χ1n) is 6.81. The summed E-state index contributed by atoms with van der Waals surface area (Å²) in [5.74, 6) is -0.104. The zero-order valence-electron chi connectivity index (χ0n) is 11.5. The Labute approximate surface area is 117 Å². The van der Waals surface area contributed by atoms with E-state index >= 15 is 0 Å². The van der Waals surface area contributed by atoms with E-state index in [2.05, 4.69) is 5.32 Å². The summed E-state index contributed by atoms with van der Waals surface area (Å²) in [6.07, 6.45) is 3.46. The first-order chi connectivity index (χ1) is 9.58. The average molecular weight is 277 g/mol. The number of carbonyl (C=O) groups is 1. The van der Waals surface area contributed by atoms with E-state index in [1.807, 2.05) is 0 Å². The van der Waals surface area contributed by atoms with E-state index in [9.17, 15) is 14.9 Å². The van der Waals surface area contributed by atoms with Crippen molar-refractivity contribution in [1.82, 2.24) is 10.2 Å². The Morgan fingerprint density at radius 2 is 2.10 bits per heavy atom. The highest BCUT2D eigenvalue weighted by atomic mass is 16.6. The van der Waals surface area contributed by atoms with Crippen LogP contribution < -0.4 is 5.32 Å². The van der Waals surface area contributed by atoms with Crippen LogP contribution in [0.3, 0.4) is 0 Å². The molecule has 0 bridgehead atoms. The minimum Gasteiger partial charge on any atom is -0.340 e. The van der Waals surface area contributed by atoms with Crippen LogP contribution in [-0.2, 0) is 0 Å². The van der Waals surface area contributed by atoms with Gasteiger partial charge in [-0.2, -0.15) is 0 Å². The molecule has 6 nitrogen and oxygen atoms in total. The van der Waals surface area contributed by atoms with Crippen LogP contribution in [0.15, 0.2) is 24.3 Å². The van der Waals surface area contributed by atoms with Gasteiger partial charge in [0, 0.05) is 37.3 Å². The molecule has 1 heterocycles. The highest BCUT2D eigenvalue weighted by Crippen LogP contribution is 2.14. The number of non-ortho nitro benzene ring substituents is 1. The summed E-state index contributed by atoms with van der Waals surface area (Å²) in [5.41, 5.74) is 0.479. The molecule has 0 spiro atoms. The van der Waals surface area contributed by atoms with Gasteiger partial charge in [-0.15, -0.1) is 0 Å². The Bertz CT molecular complexity index is 481. The molecule has 0 radical (unpaired) electrons. The molecule has 20 heavy (non-hydrogen) atoms. The fourth-order valence-corrected chi connectivity index (χ4v) is 2.44. The smallest absolute Gasteiger partial charge is 0.269 e. The Morgan fingerprint density at radius 1 is 1.40 bits per heavy atom. The second kappa shape index (κ2) is 6.47. The normalized spacial score (nSPS) is 18.6. The maximum atomic E-state index is 12.2. The molecule has 1 aliphatic rings. The molecule has 0 aromatic heterocycles. The van der Waals surface area contributed by atoms with Gasteiger partial charge in [0.05, 0.1) is 4.92 Å². The molecule has 1 amide bonds. The van der Waals surface area contributed by atoms with Crippen molar-refractivity contribution in [2.75, 3.05) is 20.1 Å². The predicted octanol–water partition coefficient (Wildman–Crippen LogP) is 1.81. The Balaban J connectivity index is 1.96. The van der Waals surface area contributed by atoms with Crippen LogP contribution in [0.2, 0.25) is 0 Å². The number of nitrogens with zero attached hydrogens (tertiary/aromatic N) is 2. The lowest BCUT2D eigenvalue weighted by molar-refractivity contribution is -0.384. The van der Waals surface area contributed by atoms with Crippen molar-refractivity contribution >= 4 is 11.6 Å². The van der Waals surface area contributed by atoms with E-state index in [1.54, 1.807) is 11.9 Å². The number of rotatable bonds is 4. The number of benzene rings is 1. The molecular weight excluding hydrogens is 258 g/mol. The van der Waals surface area contributed by atoms with E-state index < -0.39 is 4.92 Å². The topological polar surface area (TPSA) is 75.5 Å². The summed E-state index contributed by atoms with van der Waals surface area (Å²) in [6, 6.07) is 6.08. The summed E-state index contributed by atoms with van der Waals surface area (Å²) < 4.78 is 0. The molecule has 2 rings (SSSR count). The molecule has 1 fully saturated rings.